The third-order valence-corrected chi connectivity index (χ3v) is 9.59. The van der Waals surface area contributed by atoms with Gasteiger partial charge in [-0.2, -0.15) is 0 Å². The van der Waals surface area contributed by atoms with Gasteiger partial charge in [0.15, 0.2) is 6.10 Å². The number of epoxide rings is 1. The molecule has 53 heavy (non-hydrogen) atoms. The molecule has 4 atom stereocenters. The Balaban J connectivity index is 2.24. The number of carbonyl (C=O) groups is 1. The minimum absolute atomic E-state index is 0.0200. The van der Waals surface area contributed by atoms with E-state index in [0.29, 0.717) is 18.6 Å². The first-order valence-corrected chi connectivity index (χ1v) is 22.1. The van der Waals surface area contributed by atoms with Crippen molar-refractivity contribution in [2.45, 2.75) is 167 Å². The Bertz CT molecular complexity index is 1100. The van der Waals surface area contributed by atoms with E-state index in [1.165, 1.54) is 70.6 Å². The lowest BCUT2D eigenvalue weighted by Crippen LogP contribution is -2.27. The zero-order chi connectivity index (χ0) is 38.5. The number of nitrogens with two attached hydrogens (primary N) is 1. The standard InChI is InChI=1S/C43H74NO8P/c1-3-5-7-9-11-12-13-14-15-16-17-18-19-23-27-31-36-48-38-40(39-50-53(46,47)49-37-35-44)51-43(45)34-30-26-22-20-21-25-29-33-42-41(52-42)32-28-24-10-8-6-4-2/h6,8,19-20,22-25,28-29,31,36,40-42H,3-5,7,9-18,21,26-27,30,32-35,37-39,44H2,1-2H3,(H,46,47)/b8-6-,22-20-,23-19-,28-24-,29-25-,36-31-. The highest BCUT2D eigenvalue weighted by atomic mass is 31.2. The van der Waals surface area contributed by atoms with Crippen LogP contribution in [0.3, 0.4) is 0 Å². The molecule has 1 aliphatic heterocycles. The zero-order valence-corrected chi connectivity index (χ0v) is 34.1. The van der Waals surface area contributed by atoms with Gasteiger partial charge in [0.25, 0.3) is 0 Å². The fraction of sp³-hybridized carbons (Fsp3) is 0.698. The predicted molar refractivity (Wildman–Crippen MR) is 218 cm³/mol. The van der Waals surface area contributed by atoms with E-state index in [9.17, 15) is 14.3 Å². The Morgan fingerprint density at radius 3 is 1.85 bits per heavy atom. The van der Waals surface area contributed by atoms with E-state index in [2.05, 4.69) is 74.6 Å². The second kappa shape index (κ2) is 35.4. The summed E-state index contributed by atoms with van der Waals surface area (Å²) >= 11 is 0. The molecular weight excluding hydrogens is 689 g/mol. The smallest absolute Gasteiger partial charge is 0.472 e. The Hall–Kier alpha value is -2.26. The molecule has 0 spiro atoms. The third-order valence-electron chi connectivity index (χ3n) is 8.60. The lowest BCUT2D eigenvalue weighted by atomic mass is 10.1. The molecule has 0 aromatic rings. The molecule has 3 N–H and O–H groups in total. The van der Waals surface area contributed by atoms with Gasteiger partial charge < -0.3 is 24.8 Å². The van der Waals surface area contributed by atoms with Gasteiger partial charge in [-0.05, 0) is 70.3 Å². The van der Waals surface area contributed by atoms with Crippen molar-refractivity contribution in [3.05, 3.63) is 73.1 Å². The first kappa shape index (κ1) is 48.8. The molecule has 4 unspecified atom stereocenters. The maximum absolute atomic E-state index is 12.5. The minimum atomic E-state index is -4.32. The van der Waals surface area contributed by atoms with Gasteiger partial charge in [-0.15, -0.1) is 0 Å². The van der Waals surface area contributed by atoms with Crippen LogP contribution in [0.4, 0.5) is 0 Å². The molecule has 0 amide bonds. The van der Waals surface area contributed by atoms with E-state index >= 15 is 0 Å². The van der Waals surface area contributed by atoms with Crippen LogP contribution >= 0.6 is 7.82 Å². The fourth-order valence-electron chi connectivity index (χ4n) is 5.49. The van der Waals surface area contributed by atoms with Crippen molar-refractivity contribution in [2.24, 2.45) is 5.73 Å². The highest BCUT2D eigenvalue weighted by Crippen LogP contribution is 2.43. The molecule has 1 fully saturated rings. The largest absolute Gasteiger partial charge is 0.498 e. The number of hydrogen-bond donors (Lipinski definition) is 2. The molecule has 0 radical (unpaired) electrons. The molecule has 1 heterocycles. The number of phosphoric acid groups is 1. The molecule has 1 saturated heterocycles. The number of ether oxygens (including phenoxy) is 3. The summed E-state index contributed by atoms with van der Waals surface area (Å²) in [7, 11) is -4.32. The van der Waals surface area contributed by atoms with Gasteiger partial charge in [0.1, 0.15) is 6.61 Å². The number of phosphoric ester groups is 1. The molecule has 1 aliphatic rings. The highest BCUT2D eigenvalue weighted by molar-refractivity contribution is 7.47. The number of unbranched alkanes of at least 4 members (excludes halogenated alkanes) is 12. The van der Waals surface area contributed by atoms with Crippen molar-refractivity contribution >= 4 is 13.8 Å². The van der Waals surface area contributed by atoms with Crippen LogP contribution in [0.5, 0.6) is 0 Å². The van der Waals surface area contributed by atoms with Crippen molar-refractivity contribution in [3.8, 4) is 0 Å². The average Bonchev–Trinajstić information content (AvgIpc) is 3.90. The lowest BCUT2D eigenvalue weighted by molar-refractivity contribution is -0.153. The summed E-state index contributed by atoms with van der Waals surface area (Å²) in [5.41, 5.74) is 5.35. The topological polar surface area (TPSA) is 130 Å². The molecule has 0 aromatic heterocycles. The van der Waals surface area contributed by atoms with E-state index in [1.54, 1.807) is 6.26 Å². The number of esters is 1. The number of hydrogen-bond acceptors (Lipinski definition) is 8. The van der Waals surface area contributed by atoms with Crippen LogP contribution in [-0.4, -0.2) is 55.5 Å². The molecular formula is C43H74NO8P. The van der Waals surface area contributed by atoms with Gasteiger partial charge in [0.05, 0.1) is 31.7 Å². The van der Waals surface area contributed by atoms with Gasteiger partial charge in [-0.25, -0.2) is 4.57 Å². The first-order valence-electron chi connectivity index (χ1n) is 20.6. The van der Waals surface area contributed by atoms with Crippen LogP contribution in [-0.2, 0) is 32.6 Å². The fourth-order valence-corrected chi connectivity index (χ4v) is 6.26. The quantitative estimate of drug-likeness (QED) is 0.0159. The van der Waals surface area contributed by atoms with Gasteiger partial charge in [0.2, 0.25) is 0 Å². The van der Waals surface area contributed by atoms with Crippen LogP contribution in [0, 0.1) is 0 Å². The molecule has 0 aliphatic carbocycles. The normalized spacial score (nSPS) is 18.0. The second-order valence-electron chi connectivity index (χ2n) is 13.6. The molecule has 0 aromatic carbocycles. The van der Waals surface area contributed by atoms with Gasteiger partial charge >= 0.3 is 13.8 Å². The van der Waals surface area contributed by atoms with E-state index in [-0.39, 0.29) is 32.8 Å². The summed E-state index contributed by atoms with van der Waals surface area (Å²) in [5, 5.41) is 0. The van der Waals surface area contributed by atoms with Crippen LogP contribution in [0.25, 0.3) is 0 Å². The average molecular weight is 764 g/mol. The Kier molecular flexibility index (Phi) is 32.6. The van der Waals surface area contributed by atoms with Crippen molar-refractivity contribution in [1.82, 2.24) is 0 Å². The molecule has 0 saturated carbocycles. The summed E-state index contributed by atoms with van der Waals surface area (Å²) < 4.78 is 38.8. The van der Waals surface area contributed by atoms with Gasteiger partial charge in [0, 0.05) is 13.0 Å². The first-order chi connectivity index (χ1) is 25.9. The summed E-state index contributed by atoms with van der Waals surface area (Å²) in [6.45, 7) is 3.98. The van der Waals surface area contributed by atoms with Gasteiger partial charge in [-0.3, -0.25) is 13.8 Å². The molecule has 10 heteroatoms. The third kappa shape index (κ3) is 32.9. The number of carbonyl (C=O) groups excluding carboxylic acids is 1. The lowest BCUT2D eigenvalue weighted by Gasteiger charge is -2.19. The van der Waals surface area contributed by atoms with E-state index in [4.69, 9.17) is 29.0 Å². The number of rotatable bonds is 37. The Morgan fingerprint density at radius 2 is 1.25 bits per heavy atom. The maximum atomic E-state index is 12.5. The number of allylic oxidation sites excluding steroid dienone is 9. The monoisotopic (exact) mass is 764 g/mol. The molecule has 1 rings (SSSR count). The van der Waals surface area contributed by atoms with E-state index in [1.807, 2.05) is 6.08 Å². The highest BCUT2D eigenvalue weighted by Gasteiger charge is 2.36. The van der Waals surface area contributed by atoms with Crippen molar-refractivity contribution < 1.29 is 37.5 Å². The summed E-state index contributed by atoms with van der Waals surface area (Å²) in [4.78, 5) is 22.4. The predicted octanol–water partition coefficient (Wildman–Crippen LogP) is 11.3. The zero-order valence-electron chi connectivity index (χ0n) is 33.2. The summed E-state index contributed by atoms with van der Waals surface area (Å²) in [6.07, 6.45) is 47.7. The summed E-state index contributed by atoms with van der Waals surface area (Å²) in [5.74, 6) is -0.424. The Labute approximate surface area is 322 Å². The van der Waals surface area contributed by atoms with Gasteiger partial charge in [-0.1, -0.05) is 139 Å². The van der Waals surface area contributed by atoms with Crippen LogP contribution in [0.1, 0.15) is 149 Å². The second-order valence-corrected chi connectivity index (χ2v) is 15.0. The van der Waals surface area contributed by atoms with Crippen LogP contribution in [0.15, 0.2) is 73.1 Å². The summed E-state index contributed by atoms with van der Waals surface area (Å²) in [6, 6.07) is 0. The van der Waals surface area contributed by atoms with Crippen LogP contribution in [0.2, 0.25) is 0 Å². The maximum Gasteiger partial charge on any atom is 0.472 e. The van der Waals surface area contributed by atoms with Crippen LogP contribution < -0.4 is 5.73 Å². The molecule has 9 nitrogen and oxygen atoms in total. The minimum Gasteiger partial charge on any atom is -0.498 e. The van der Waals surface area contributed by atoms with E-state index < -0.39 is 19.9 Å². The SMILES string of the molecule is CC/C=C\C/C=C\CC1OC1C/C=C\C/C=C\CCCC(=O)OC(CO/C=C\C/C=C\CCCCCCCCCCCCC)COP(=O)(O)OCCN. The molecule has 304 valence electrons. The van der Waals surface area contributed by atoms with Crippen molar-refractivity contribution in [2.75, 3.05) is 26.4 Å². The van der Waals surface area contributed by atoms with Crippen molar-refractivity contribution in [1.29, 1.82) is 0 Å². The Morgan fingerprint density at radius 1 is 0.698 bits per heavy atom. The van der Waals surface area contributed by atoms with E-state index in [0.717, 1.165) is 51.4 Å². The molecule has 0 bridgehead atoms. The van der Waals surface area contributed by atoms with Crippen molar-refractivity contribution in [3.63, 3.8) is 0 Å².